The first-order valence-corrected chi connectivity index (χ1v) is 22.4. The van der Waals surface area contributed by atoms with Gasteiger partial charge in [-0.1, -0.05) is 102 Å². The van der Waals surface area contributed by atoms with Gasteiger partial charge >= 0.3 is 11.9 Å². The average molecular weight is 809 g/mol. The molecule has 0 heterocycles. The van der Waals surface area contributed by atoms with Gasteiger partial charge in [-0.25, -0.2) is 9.59 Å². The molecule has 1 aliphatic rings. The summed E-state index contributed by atoms with van der Waals surface area (Å²) in [7, 11) is 0. The Morgan fingerprint density at radius 2 is 1.25 bits per heavy atom. The summed E-state index contributed by atoms with van der Waals surface area (Å²) in [5.74, 6) is 1.48. The predicted molar refractivity (Wildman–Crippen MR) is 241 cm³/mol. The molecule has 0 aliphatic heterocycles. The van der Waals surface area contributed by atoms with E-state index in [4.69, 9.17) is 14.2 Å². The van der Waals surface area contributed by atoms with Gasteiger partial charge in [0, 0.05) is 16.6 Å². The maximum atomic E-state index is 12.2. The molecule has 0 spiro atoms. The number of carbonyl (C=O) groups excluding carboxylic acids is 2. The van der Waals surface area contributed by atoms with Crippen LogP contribution in [0.2, 0.25) is 0 Å². The van der Waals surface area contributed by atoms with E-state index < -0.39 is 17.4 Å². The molecule has 2 N–H and O–H groups in total. The fourth-order valence-corrected chi connectivity index (χ4v) is 8.31. The summed E-state index contributed by atoms with van der Waals surface area (Å²) in [5.41, 5.74) is 9.40. The summed E-state index contributed by atoms with van der Waals surface area (Å²) in [5, 5.41) is 20.3. The molecule has 4 rings (SSSR count). The Morgan fingerprint density at radius 3 is 1.76 bits per heavy atom. The first-order valence-electron chi connectivity index (χ1n) is 22.4. The van der Waals surface area contributed by atoms with Gasteiger partial charge < -0.3 is 24.4 Å². The largest absolute Gasteiger partial charge is 0.493 e. The van der Waals surface area contributed by atoms with Crippen molar-refractivity contribution in [2.75, 3.05) is 33.0 Å². The summed E-state index contributed by atoms with van der Waals surface area (Å²) in [4.78, 5) is 24.3. The van der Waals surface area contributed by atoms with Crippen molar-refractivity contribution < 1.29 is 34.0 Å². The first-order chi connectivity index (χ1) is 28.5. The van der Waals surface area contributed by atoms with E-state index in [0.717, 1.165) is 40.3 Å². The lowest BCUT2D eigenvalue weighted by molar-refractivity contribution is -0.139. The molecule has 0 amide bonds. The molecular weight excluding hydrogens is 737 g/mol. The van der Waals surface area contributed by atoms with E-state index in [1.807, 2.05) is 6.92 Å². The Morgan fingerprint density at radius 1 is 0.695 bits per heavy atom. The van der Waals surface area contributed by atoms with E-state index in [-0.39, 0.29) is 26.4 Å². The van der Waals surface area contributed by atoms with Crippen molar-refractivity contribution in [1.29, 1.82) is 0 Å². The summed E-state index contributed by atoms with van der Waals surface area (Å²) in [6, 6.07) is 20.4. The minimum Gasteiger partial charge on any atom is -0.493 e. The van der Waals surface area contributed by atoms with Gasteiger partial charge in [-0.3, -0.25) is 0 Å². The number of aliphatic hydroxyl groups excluding tert-OH is 2. The number of hydrogen-bond acceptors (Lipinski definition) is 7. The van der Waals surface area contributed by atoms with Gasteiger partial charge in [0.15, 0.2) is 0 Å². The Labute approximate surface area is 355 Å². The molecule has 1 aliphatic carbocycles. The highest BCUT2D eigenvalue weighted by Gasteiger charge is 2.27. The summed E-state index contributed by atoms with van der Waals surface area (Å²) >= 11 is 0. The number of unbranched alkanes of at least 4 members (excludes halogenated alkanes) is 2. The van der Waals surface area contributed by atoms with Crippen molar-refractivity contribution in [1.82, 2.24) is 0 Å². The van der Waals surface area contributed by atoms with Crippen LogP contribution in [0.4, 0.5) is 0 Å². The molecule has 0 aromatic heterocycles. The van der Waals surface area contributed by atoms with E-state index in [1.165, 1.54) is 73.6 Å². The van der Waals surface area contributed by atoms with E-state index in [0.29, 0.717) is 62.2 Å². The van der Waals surface area contributed by atoms with Crippen molar-refractivity contribution in [3.8, 4) is 28.0 Å². The number of hydrogen-bond donors (Lipinski definition) is 2. The van der Waals surface area contributed by atoms with Crippen molar-refractivity contribution in [3.05, 3.63) is 101 Å². The third-order valence-corrected chi connectivity index (χ3v) is 12.5. The van der Waals surface area contributed by atoms with E-state index in [9.17, 15) is 19.8 Å². The van der Waals surface area contributed by atoms with Gasteiger partial charge in [-0.15, -0.1) is 0 Å². The van der Waals surface area contributed by atoms with Crippen molar-refractivity contribution in [3.63, 3.8) is 0 Å². The van der Waals surface area contributed by atoms with Crippen molar-refractivity contribution >= 4 is 11.9 Å². The minimum absolute atomic E-state index is 0.135. The van der Waals surface area contributed by atoms with Crippen LogP contribution in [0.25, 0.3) is 22.3 Å². The Balaban J connectivity index is 1.64. The number of carbonyl (C=O) groups is 2. The van der Waals surface area contributed by atoms with Gasteiger partial charge in [0.05, 0.1) is 33.0 Å². The zero-order valence-electron chi connectivity index (χ0n) is 36.8. The van der Waals surface area contributed by atoms with E-state index in [2.05, 4.69) is 81.6 Å². The number of esters is 2. The van der Waals surface area contributed by atoms with Crippen molar-refractivity contribution in [2.45, 2.75) is 137 Å². The van der Waals surface area contributed by atoms with Gasteiger partial charge in [-0.2, -0.15) is 0 Å². The second kappa shape index (κ2) is 24.2. The van der Waals surface area contributed by atoms with Crippen LogP contribution in [0, 0.1) is 11.3 Å². The first kappa shape index (κ1) is 47.5. The predicted octanol–water partition coefficient (Wildman–Crippen LogP) is 11.7. The maximum Gasteiger partial charge on any atom is 0.333 e. The third kappa shape index (κ3) is 13.9. The molecule has 0 saturated heterocycles. The van der Waals surface area contributed by atoms with Crippen LogP contribution in [-0.4, -0.2) is 55.2 Å². The molecule has 0 unspecified atom stereocenters. The molecule has 1 saturated carbocycles. The van der Waals surface area contributed by atoms with Crippen LogP contribution < -0.4 is 4.74 Å². The molecular formula is C52H72O7. The molecule has 3 aromatic rings. The van der Waals surface area contributed by atoms with Crippen LogP contribution in [0.15, 0.2) is 78.9 Å². The standard InChI is InChI=1S/C52H72O7/c1-8-11-12-15-39-18-20-41(21-19-39)42-22-24-43(25-23-42)48-27-26-44(32-40(48)9-2)47-33-45(16-13-29-58-50(55)37(4)5)49(57-31-28-52(10-3,35-53)36-54)46(34-47)17-14-30-59-51(56)38(6)7/h22-27,32-34,39,41,53-54H,4,6,8-21,28-31,35-36H2,1-3,5,7H3. The molecule has 7 heteroatoms. The number of ether oxygens (including phenoxy) is 3. The highest BCUT2D eigenvalue weighted by Crippen LogP contribution is 2.40. The minimum atomic E-state index is -0.639. The average Bonchev–Trinajstić information content (AvgIpc) is 3.25. The fraction of sp³-hybridized carbons (Fsp3) is 0.538. The zero-order valence-corrected chi connectivity index (χ0v) is 36.8. The third-order valence-electron chi connectivity index (χ3n) is 12.5. The second-order valence-corrected chi connectivity index (χ2v) is 17.0. The Hall–Kier alpha value is -4.20. The van der Waals surface area contributed by atoms with Crippen molar-refractivity contribution in [2.24, 2.45) is 11.3 Å². The quantitative estimate of drug-likeness (QED) is 0.0499. The lowest BCUT2D eigenvalue weighted by atomic mass is 9.77. The molecule has 0 radical (unpaired) electrons. The zero-order chi connectivity index (χ0) is 42.8. The molecule has 3 aromatic carbocycles. The van der Waals surface area contributed by atoms with Crippen LogP contribution in [0.5, 0.6) is 5.75 Å². The Kier molecular flexibility index (Phi) is 19.4. The van der Waals surface area contributed by atoms with Gasteiger partial charge in [-0.05, 0) is 153 Å². The van der Waals surface area contributed by atoms with Crippen LogP contribution >= 0.6 is 0 Å². The smallest absolute Gasteiger partial charge is 0.333 e. The summed E-state index contributed by atoms with van der Waals surface area (Å²) in [6.07, 6.45) is 15.0. The van der Waals surface area contributed by atoms with Crippen LogP contribution in [0.3, 0.4) is 0 Å². The van der Waals surface area contributed by atoms with Gasteiger partial charge in [0.2, 0.25) is 0 Å². The van der Waals surface area contributed by atoms with Crippen LogP contribution in [-0.2, 0) is 38.3 Å². The topological polar surface area (TPSA) is 102 Å². The van der Waals surface area contributed by atoms with Gasteiger partial charge in [0.1, 0.15) is 5.75 Å². The Bertz CT molecular complexity index is 1750. The molecule has 7 nitrogen and oxygen atoms in total. The second-order valence-electron chi connectivity index (χ2n) is 17.0. The number of rotatable bonds is 25. The maximum absolute atomic E-state index is 12.2. The molecule has 59 heavy (non-hydrogen) atoms. The highest BCUT2D eigenvalue weighted by molar-refractivity contribution is 5.87. The molecule has 322 valence electrons. The summed E-state index contributed by atoms with van der Waals surface area (Å²) < 4.78 is 17.5. The van der Waals surface area contributed by atoms with Gasteiger partial charge in [0.25, 0.3) is 0 Å². The van der Waals surface area contributed by atoms with Crippen LogP contribution in [0.1, 0.15) is 140 Å². The SMILES string of the molecule is C=C(C)C(=O)OCCCc1cc(-c2ccc(-c3ccc(C4CCC(CCCCC)CC4)cc3)c(CC)c2)cc(CCCOC(=O)C(=C)C)c1OCCC(CC)(CO)CO. The summed E-state index contributed by atoms with van der Waals surface area (Å²) in [6.45, 7) is 17.6. The monoisotopic (exact) mass is 809 g/mol. The van der Waals surface area contributed by atoms with E-state index >= 15 is 0 Å². The number of benzene rings is 3. The molecule has 0 atom stereocenters. The normalized spacial score (nSPS) is 15.4. The molecule has 0 bridgehead atoms. The number of aliphatic hydroxyl groups is 2. The highest BCUT2D eigenvalue weighted by atomic mass is 16.5. The molecule has 1 fully saturated rings. The number of aryl methyl sites for hydroxylation is 3. The van der Waals surface area contributed by atoms with E-state index in [1.54, 1.807) is 13.8 Å². The lowest BCUT2D eigenvalue weighted by Gasteiger charge is -2.29. The lowest BCUT2D eigenvalue weighted by Crippen LogP contribution is -2.31. The fourth-order valence-electron chi connectivity index (χ4n) is 8.31.